The number of nitrogens with zero attached hydrogens (tertiary/aromatic N) is 1. The van der Waals surface area contributed by atoms with E-state index in [1.807, 2.05) is 0 Å². The van der Waals surface area contributed by atoms with Crippen LogP contribution in [-0.2, 0) is 27.2 Å². The molecule has 3 rings (SSSR count). The van der Waals surface area contributed by atoms with E-state index in [-0.39, 0.29) is 0 Å². The number of aryl methyl sites for hydroxylation is 1. The lowest BCUT2D eigenvalue weighted by Gasteiger charge is -2.11. The Labute approximate surface area is 153 Å². The summed E-state index contributed by atoms with van der Waals surface area (Å²) in [5.41, 5.74) is 3.35. The van der Waals surface area contributed by atoms with Gasteiger partial charge in [-0.25, -0.2) is 10.2 Å². The summed E-state index contributed by atoms with van der Waals surface area (Å²) >= 11 is 1.31. The molecule has 8 nitrogen and oxygen atoms in total. The van der Waals surface area contributed by atoms with Crippen LogP contribution < -0.4 is 10.7 Å². The van der Waals surface area contributed by atoms with Gasteiger partial charge in [0.15, 0.2) is 0 Å². The number of thiophene rings is 1. The van der Waals surface area contributed by atoms with E-state index < -0.39 is 17.8 Å². The SMILES string of the molecule is COC(=O)c1c(NC(=O)C(=O)NN=Cc2ccco2)sc2c1CCCC2. The standard InChI is InChI=1S/C17H17N3O5S/c1-24-17(23)13-11-6-2-3-7-12(11)26-16(13)19-14(21)15(22)20-18-9-10-5-4-8-25-10/h4-5,8-9H,2-3,6-7H2,1H3,(H,19,21)(H,20,22). The summed E-state index contributed by atoms with van der Waals surface area (Å²) in [5, 5.41) is 6.48. The Morgan fingerprint density at radius 1 is 1.27 bits per heavy atom. The Hall–Kier alpha value is -2.94. The van der Waals surface area contributed by atoms with Gasteiger partial charge in [0.2, 0.25) is 0 Å². The summed E-state index contributed by atoms with van der Waals surface area (Å²) in [7, 11) is 1.29. The van der Waals surface area contributed by atoms with E-state index in [1.54, 1.807) is 12.1 Å². The van der Waals surface area contributed by atoms with Crippen molar-refractivity contribution >= 4 is 40.3 Å². The molecule has 0 aliphatic heterocycles. The number of carbonyl (C=O) groups is 3. The van der Waals surface area contributed by atoms with Gasteiger partial charge in [-0.3, -0.25) is 9.59 Å². The minimum Gasteiger partial charge on any atom is -0.465 e. The van der Waals surface area contributed by atoms with Crippen LogP contribution in [0.2, 0.25) is 0 Å². The van der Waals surface area contributed by atoms with Crippen LogP contribution in [0.1, 0.15) is 39.4 Å². The first-order chi connectivity index (χ1) is 12.6. The smallest absolute Gasteiger partial charge is 0.341 e. The van der Waals surface area contributed by atoms with Gasteiger partial charge >= 0.3 is 17.8 Å². The number of ether oxygens (including phenoxy) is 1. The number of nitrogens with one attached hydrogen (secondary N) is 2. The molecule has 2 heterocycles. The number of amides is 2. The van der Waals surface area contributed by atoms with Crippen LogP contribution in [0.4, 0.5) is 5.00 Å². The molecular formula is C17H17N3O5S. The second kappa shape index (κ2) is 7.96. The van der Waals surface area contributed by atoms with Crippen LogP contribution in [0.5, 0.6) is 0 Å². The van der Waals surface area contributed by atoms with Gasteiger partial charge in [0.25, 0.3) is 0 Å². The molecule has 26 heavy (non-hydrogen) atoms. The summed E-state index contributed by atoms with van der Waals surface area (Å²) < 4.78 is 9.85. The third kappa shape index (κ3) is 3.83. The first-order valence-corrected chi connectivity index (χ1v) is 8.82. The fraction of sp³-hybridized carbons (Fsp3) is 0.294. The molecule has 0 saturated heterocycles. The topological polar surface area (TPSA) is 110 Å². The van der Waals surface area contributed by atoms with Crippen molar-refractivity contribution in [1.29, 1.82) is 0 Å². The normalized spacial score (nSPS) is 13.3. The number of hydrazone groups is 1. The summed E-state index contributed by atoms with van der Waals surface area (Å²) in [4.78, 5) is 37.2. The third-order valence-electron chi connectivity index (χ3n) is 3.90. The Morgan fingerprint density at radius 2 is 2.08 bits per heavy atom. The lowest BCUT2D eigenvalue weighted by Crippen LogP contribution is -2.32. The zero-order chi connectivity index (χ0) is 18.5. The minimum absolute atomic E-state index is 0.332. The predicted molar refractivity (Wildman–Crippen MR) is 95.4 cm³/mol. The number of methoxy groups -OCH3 is 1. The number of rotatable bonds is 4. The van der Waals surface area contributed by atoms with Crippen molar-refractivity contribution < 1.29 is 23.5 Å². The quantitative estimate of drug-likeness (QED) is 0.368. The first kappa shape index (κ1) is 17.9. The van der Waals surface area contributed by atoms with Crippen LogP contribution in [0.15, 0.2) is 27.9 Å². The van der Waals surface area contributed by atoms with Crippen molar-refractivity contribution in [2.75, 3.05) is 12.4 Å². The number of esters is 1. The number of anilines is 1. The minimum atomic E-state index is -0.949. The van der Waals surface area contributed by atoms with Gasteiger partial charge in [-0.05, 0) is 43.4 Å². The zero-order valence-electron chi connectivity index (χ0n) is 14.0. The van der Waals surface area contributed by atoms with Crippen LogP contribution in [0, 0.1) is 0 Å². The monoisotopic (exact) mass is 375 g/mol. The van der Waals surface area contributed by atoms with Crippen molar-refractivity contribution in [3.63, 3.8) is 0 Å². The largest absolute Gasteiger partial charge is 0.465 e. The molecule has 2 N–H and O–H groups in total. The van der Waals surface area contributed by atoms with Crippen molar-refractivity contribution in [2.45, 2.75) is 25.7 Å². The molecule has 0 unspecified atom stereocenters. The highest BCUT2D eigenvalue weighted by molar-refractivity contribution is 7.17. The van der Waals surface area contributed by atoms with Crippen molar-refractivity contribution in [3.8, 4) is 0 Å². The molecule has 0 saturated carbocycles. The summed E-state index contributed by atoms with van der Waals surface area (Å²) in [6, 6.07) is 3.32. The van der Waals surface area contributed by atoms with Gasteiger partial charge in [0.1, 0.15) is 10.8 Å². The van der Waals surface area contributed by atoms with Crippen LogP contribution >= 0.6 is 11.3 Å². The fourth-order valence-electron chi connectivity index (χ4n) is 2.70. The lowest BCUT2D eigenvalue weighted by atomic mass is 9.95. The summed E-state index contributed by atoms with van der Waals surface area (Å²) in [5.74, 6) is -1.94. The predicted octanol–water partition coefficient (Wildman–Crippen LogP) is 2.10. The van der Waals surface area contributed by atoms with Gasteiger partial charge in [-0.2, -0.15) is 5.10 Å². The molecule has 0 bridgehead atoms. The van der Waals surface area contributed by atoms with E-state index in [9.17, 15) is 14.4 Å². The van der Waals surface area contributed by atoms with Crippen LogP contribution in [-0.4, -0.2) is 31.1 Å². The number of fused-ring (bicyclic) bond motifs is 1. The number of carbonyl (C=O) groups excluding carboxylic acids is 3. The van der Waals surface area contributed by atoms with E-state index in [0.29, 0.717) is 16.3 Å². The van der Waals surface area contributed by atoms with Crippen LogP contribution in [0.25, 0.3) is 0 Å². The third-order valence-corrected chi connectivity index (χ3v) is 5.10. The average molecular weight is 375 g/mol. The maximum atomic E-state index is 12.1. The molecule has 136 valence electrons. The van der Waals surface area contributed by atoms with E-state index >= 15 is 0 Å². The zero-order valence-corrected chi connectivity index (χ0v) is 14.9. The van der Waals surface area contributed by atoms with Gasteiger partial charge in [-0.1, -0.05) is 0 Å². The van der Waals surface area contributed by atoms with Gasteiger partial charge in [0.05, 0.1) is 25.2 Å². The summed E-state index contributed by atoms with van der Waals surface area (Å²) in [6.07, 6.45) is 6.34. The maximum absolute atomic E-state index is 12.1. The second-order valence-electron chi connectivity index (χ2n) is 5.58. The molecule has 2 aromatic heterocycles. The number of hydrogen-bond acceptors (Lipinski definition) is 7. The molecule has 1 aliphatic carbocycles. The van der Waals surface area contributed by atoms with Crippen LogP contribution in [0.3, 0.4) is 0 Å². The highest BCUT2D eigenvalue weighted by Gasteiger charge is 2.28. The first-order valence-electron chi connectivity index (χ1n) is 8.01. The fourth-order valence-corrected chi connectivity index (χ4v) is 3.97. The molecule has 0 fully saturated rings. The van der Waals surface area contributed by atoms with E-state index in [1.165, 1.54) is 30.9 Å². The Morgan fingerprint density at radius 3 is 2.81 bits per heavy atom. The molecular weight excluding hydrogens is 358 g/mol. The Bertz CT molecular complexity index is 854. The second-order valence-corrected chi connectivity index (χ2v) is 6.68. The van der Waals surface area contributed by atoms with E-state index in [4.69, 9.17) is 9.15 Å². The molecule has 0 spiro atoms. The molecule has 2 aromatic rings. The average Bonchev–Trinajstić information content (AvgIpc) is 3.28. The number of furan rings is 1. The molecule has 0 aromatic carbocycles. The molecule has 1 aliphatic rings. The summed E-state index contributed by atoms with van der Waals surface area (Å²) in [6.45, 7) is 0. The molecule has 0 atom stereocenters. The highest BCUT2D eigenvalue weighted by Crippen LogP contribution is 2.38. The van der Waals surface area contributed by atoms with E-state index in [0.717, 1.165) is 36.1 Å². The van der Waals surface area contributed by atoms with Gasteiger partial charge in [-0.15, -0.1) is 11.3 Å². The number of hydrogen-bond donors (Lipinski definition) is 2. The van der Waals surface area contributed by atoms with E-state index in [2.05, 4.69) is 15.8 Å². The molecule has 2 amide bonds. The maximum Gasteiger partial charge on any atom is 0.341 e. The van der Waals surface area contributed by atoms with Gasteiger partial charge < -0.3 is 14.5 Å². The van der Waals surface area contributed by atoms with Gasteiger partial charge in [0, 0.05) is 4.88 Å². The molecule has 9 heteroatoms. The van der Waals surface area contributed by atoms with Crippen molar-refractivity contribution in [2.24, 2.45) is 5.10 Å². The lowest BCUT2D eigenvalue weighted by molar-refractivity contribution is -0.136. The Balaban J connectivity index is 1.71. The van der Waals surface area contributed by atoms with Crippen molar-refractivity contribution in [3.05, 3.63) is 40.2 Å². The molecule has 0 radical (unpaired) electrons. The Kier molecular flexibility index (Phi) is 5.47. The highest BCUT2D eigenvalue weighted by atomic mass is 32.1. The van der Waals surface area contributed by atoms with Crippen molar-refractivity contribution in [1.82, 2.24) is 5.43 Å².